The number of pyridine rings is 1. The van der Waals surface area contributed by atoms with E-state index < -0.39 is 0 Å². The van der Waals surface area contributed by atoms with Crippen molar-refractivity contribution in [2.45, 2.75) is 24.3 Å². The van der Waals surface area contributed by atoms with E-state index in [0.717, 1.165) is 27.6 Å². The van der Waals surface area contributed by atoms with Crippen molar-refractivity contribution in [3.63, 3.8) is 0 Å². The molecule has 2 aromatic rings. The maximum atomic E-state index is 5.37. The second kappa shape index (κ2) is 6.41. The van der Waals surface area contributed by atoms with Crippen molar-refractivity contribution in [1.29, 1.82) is 0 Å². The highest BCUT2D eigenvalue weighted by Crippen LogP contribution is 2.48. The van der Waals surface area contributed by atoms with Gasteiger partial charge in [-0.2, -0.15) is 0 Å². The summed E-state index contributed by atoms with van der Waals surface area (Å²) in [5.41, 5.74) is 2.25. The van der Waals surface area contributed by atoms with Crippen LogP contribution in [0.2, 0.25) is 0 Å². The molecule has 0 bridgehead atoms. The number of methoxy groups -OCH3 is 1. The first-order valence-electron chi connectivity index (χ1n) is 7.93. The molecular weight excluding hydrogens is 386 g/mol. The first kappa shape index (κ1) is 16.0. The van der Waals surface area contributed by atoms with Crippen molar-refractivity contribution in [3.05, 3.63) is 58.3 Å². The highest BCUT2D eigenvalue weighted by molar-refractivity contribution is 9.10. The molecule has 0 spiro atoms. The monoisotopic (exact) mass is 403 g/mol. The van der Waals surface area contributed by atoms with E-state index in [1.807, 2.05) is 36.2 Å². The Kier molecular flexibility index (Phi) is 4.26. The van der Waals surface area contributed by atoms with Crippen molar-refractivity contribution in [2.24, 2.45) is 4.99 Å². The van der Waals surface area contributed by atoms with E-state index in [4.69, 9.17) is 9.73 Å². The summed E-state index contributed by atoms with van der Waals surface area (Å²) < 4.78 is 6.34. The van der Waals surface area contributed by atoms with Gasteiger partial charge in [0.05, 0.1) is 23.3 Å². The lowest BCUT2D eigenvalue weighted by Crippen LogP contribution is -2.28. The summed E-state index contributed by atoms with van der Waals surface area (Å²) in [5.74, 6) is 0.844. The number of amidine groups is 1. The number of hydrogen-bond acceptors (Lipinski definition) is 5. The normalized spacial score (nSPS) is 25.5. The Bertz CT molecular complexity index is 783. The molecule has 1 fully saturated rings. The second-order valence-corrected chi connectivity index (χ2v) is 8.29. The van der Waals surface area contributed by atoms with E-state index in [9.17, 15) is 0 Å². The lowest BCUT2D eigenvalue weighted by atomic mass is 9.96. The molecule has 2 aliphatic rings. The first-order valence-corrected chi connectivity index (χ1v) is 9.60. The maximum absolute atomic E-state index is 5.37. The van der Waals surface area contributed by atoms with Crippen LogP contribution in [-0.2, 0) is 0 Å². The van der Waals surface area contributed by atoms with Crippen molar-refractivity contribution >= 4 is 32.9 Å². The van der Waals surface area contributed by atoms with Crippen LogP contribution in [0.15, 0.2) is 52.1 Å². The molecule has 24 heavy (non-hydrogen) atoms. The van der Waals surface area contributed by atoms with Crippen LogP contribution in [0.4, 0.5) is 0 Å². The van der Waals surface area contributed by atoms with Gasteiger partial charge in [-0.1, -0.05) is 30.8 Å². The van der Waals surface area contributed by atoms with Gasteiger partial charge >= 0.3 is 0 Å². The number of halogens is 1. The van der Waals surface area contributed by atoms with Gasteiger partial charge in [0.15, 0.2) is 5.17 Å². The molecule has 0 radical (unpaired) electrons. The second-order valence-electron chi connectivity index (χ2n) is 6.03. The summed E-state index contributed by atoms with van der Waals surface area (Å²) in [7, 11) is 1.69. The lowest BCUT2D eigenvalue weighted by Gasteiger charge is -2.27. The topological polar surface area (TPSA) is 37.7 Å². The maximum Gasteiger partial charge on any atom is 0.160 e. The fourth-order valence-corrected chi connectivity index (χ4v) is 5.00. The fraction of sp³-hybridized carbons (Fsp3) is 0.333. The molecule has 2 aliphatic heterocycles. The molecule has 6 heteroatoms. The number of rotatable bonds is 3. The van der Waals surface area contributed by atoms with Gasteiger partial charge in [0, 0.05) is 18.0 Å². The quantitative estimate of drug-likeness (QED) is 0.758. The SMILES string of the molecule is COc1ccc([C@H]2[C@@H](c3ccccn3)N=C3S[C@@H](C)CN32)cc1Br. The highest BCUT2D eigenvalue weighted by Gasteiger charge is 2.43. The molecule has 4 rings (SSSR count). The van der Waals surface area contributed by atoms with Crippen molar-refractivity contribution in [1.82, 2.24) is 9.88 Å². The van der Waals surface area contributed by atoms with Crippen molar-refractivity contribution in [2.75, 3.05) is 13.7 Å². The fourth-order valence-electron chi connectivity index (χ4n) is 3.34. The van der Waals surface area contributed by atoms with Crippen LogP contribution < -0.4 is 4.74 Å². The Labute approximate surface area is 154 Å². The molecule has 0 unspecified atom stereocenters. The van der Waals surface area contributed by atoms with Crippen molar-refractivity contribution in [3.8, 4) is 5.75 Å². The van der Waals surface area contributed by atoms with Gasteiger partial charge in [-0.25, -0.2) is 0 Å². The summed E-state index contributed by atoms with van der Waals surface area (Å²) in [4.78, 5) is 12.0. The van der Waals surface area contributed by atoms with E-state index in [-0.39, 0.29) is 12.1 Å². The Morgan fingerprint density at radius 1 is 1.29 bits per heavy atom. The van der Waals surface area contributed by atoms with Crippen molar-refractivity contribution < 1.29 is 4.74 Å². The number of benzene rings is 1. The molecule has 0 N–H and O–H groups in total. The summed E-state index contributed by atoms with van der Waals surface area (Å²) >= 11 is 5.47. The van der Waals surface area contributed by atoms with E-state index in [1.54, 1.807) is 7.11 Å². The van der Waals surface area contributed by atoms with E-state index in [1.165, 1.54) is 5.56 Å². The van der Waals surface area contributed by atoms with Crippen LogP contribution in [0.25, 0.3) is 0 Å². The average Bonchev–Trinajstić information content (AvgIpc) is 3.11. The molecule has 1 saturated heterocycles. The number of ether oxygens (including phenoxy) is 1. The van der Waals surface area contributed by atoms with Gasteiger partial charge < -0.3 is 9.64 Å². The third-order valence-corrected chi connectivity index (χ3v) is 6.12. The molecule has 0 amide bonds. The molecular formula is C18H18BrN3OS. The molecule has 3 heterocycles. The number of fused-ring (bicyclic) bond motifs is 1. The van der Waals surface area contributed by atoms with Gasteiger partial charge in [-0.05, 0) is 45.8 Å². The number of thioether (sulfide) groups is 1. The first-order chi connectivity index (χ1) is 11.7. The van der Waals surface area contributed by atoms with E-state index in [0.29, 0.717) is 5.25 Å². The summed E-state index contributed by atoms with van der Waals surface area (Å²) in [6, 6.07) is 12.5. The van der Waals surface area contributed by atoms with Crippen LogP contribution >= 0.6 is 27.7 Å². The lowest BCUT2D eigenvalue weighted by molar-refractivity contribution is 0.320. The zero-order valence-corrected chi connectivity index (χ0v) is 15.9. The smallest absolute Gasteiger partial charge is 0.160 e. The van der Waals surface area contributed by atoms with Crippen LogP contribution in [0, 0.1) is 0 Å². The van der Waals surface area contributed by atoms with E-state index >= 15 is 0 Å². The van der Waals surface area contributed by atoms with Gasteiger partial charge in [-0.15, -0.1) is 0 Å². The zero-order chi connectivity index (χ0) is 16.7. The molecule has 0 saturated carbocycles. The zero-order valence-electron chi connectivity index (χ0n) is 13.5. The largest absolute Gasteiger partial charge is 0.496 e. The minimum Gasteiger partial charge on any atom is -0.496 e. The number of nitrogens with zero attached hydrogens (tertiary/aromatic N) is 3. The minimum atomic E-state index is 0.0292. The third kappa shape index (κ3) is 2.71. The molecule has 124 valence electrons. The minimum absolute atomic E-state index is 0.0292. The Morgan fingerprint density at radius 2 is 2.17 bits per heavy atom. The molecule has 0 aliphatic carbocycles. The summed E-state index contributed by atoms with van der Waals surface area (Å²) in [6.07, 6.45) is 1.84. The Morgan fingerprint density at radius 3 is 2.88 bits per heavy atom. The molecule has 3 atom stereocenters. The predicted octanol–water partition coefficient (Wildman–Crippen LogP) is 4.44. The standard InChI is InChI=1S/C18H18BrN3OS/c1-11-10-22-17(12-6-7-15(23-2)13(19)9-12)16(21-18(22)24-11)14-5-3-4-8-20-14/h3-9,11,16-17H,10H2,1-2H3/t11-,16+,17-/m0/s1. The van der Waals surface area contributed by atoms with Gasteiger partial charge in [0.25, 0.3) is 0 Å². The summed E-state index contributed by atoms with van der Waals surface area (Å²) in [5, 5.41) is 1.70. The van der Waals surface area contributed by atoms with Gasteiger partial charge in [0.2, 0.25) is 0 Å². The number of aromatic nitrogens is 1. The Balaban J connectivity index is 1.77. The van der Waals surface area contributed by atoms with Crippen LogP contribution in [0.5, 0.6) is 5.75 Å². The molecule has 1 aromatic heterocycles. The average molecular weight is 404 g/mol. The number of aliphatic imine (C=N–C) groups is 1. The van der Waals surface area contributed by atoms with E-state index in [2.05, 4.69) is 50.9 Å². The highest BCUT2D eigenvalue weighted by atomic mass is 79.9. The van der Waals surface area contributed by atoms with Gasteiger partial charge in [0.1, 0.15) is 11.8 Å². The molecule has 4 nitrogen and oxygen atoms in total. The van der Waals surface area contributed by atoms with Crippen LogP contribution in [-0.4, -0.2) is 34.0 Å². The Hall–Kier alpha value is -1.53. The summed E-state index contributed by atoms with van der Waals surface area (Å²) in [6.45, 7) is 3.27. The van der Waals surface area contributed by atoms with Gasteiger partial charge in [-0.3, -0.25) is 9.98 Å². The molecule has 1 aromatic carbocycles. The number of hydrogen-bond donors (Lipinski definition) is 0. The van der Waals surface area contributed by atoms with Crippen LogP contribution in [0.3, 0.4) is 0 Å². The third-order valence-electron chi connectivity index (χ3n) is 4.40. The predicted molar refractivity (Wildman–Crippen MR) is 102 cm³/mol. The van der Waals surface area contributed by atoms with Crippen LogP contribution in [0.1, 0.15) is 30.3 Å².